The molecule has 2 saturated carbocycles. The number of carbonyl (C=O) groups excluding carboxylic acids is 2. The number of fused-ring (bicyclic) bond motifs is 9. The molecule has 1 saturated heterocycles. The van der Waals surface area contributed by atoms with Crippen molar-refractivity contribution in [2.24, 2.45) is 29.6 Å². The molecule has 2 aliphatic heterocycles. The van der Waals surface area contributed by atoms with Gasteiger partial charge in [0.2, 0.25) is 11.8 Å². The average Bonchev–Trinajstić information content (AvgIpc) is 3.75. The Morgan fingerprint density at radius 3 is 2.51 bits per heavy atom. The molecule has 0 spiro atoms. The van der Waals surface area contributed by atoms with Gasteiger partial charge in [-0.15, -0.1) is 11.8 Å². The van der Waals surface area contributed by atoms with E-state index in [4.69, 9.17) is 4.74 Å². The van der Waals surface area contributed by atoms with E-state index in [9.17, 15) is 28.9 Å². The SMILES string of the molecule is Cc1cccc(COc2ccc([N+](=O)[O-])cc2[C@H]2c3sc(=O)[nH]c3SC3C4CC(C5C(=O)N(c6ccc(F)cc6)C(=O)C45)C32)c1. The molecule has 1 aromatic heterocycles. The smallest absolute Gasteiger partial charge is 0.305 e. The number of halogens is 1. The maximum absolute atomic E-state index is 14.0. The van der Waals surface area contributed by atoms with Gasteiger partial charge in [0.1, 0.15) is 18.2 Å². The van der Waals surface area contributed by atoms with E-state index >= 15 is 0 Å². The first-order valence-corrected chi connectivity index (χ1v) is 16.4. The van der Waals surface area contributed by atoms with Crippen molar-refractivity contribution in [3.05, 3.63) is 114 Å². The number of H-pyrrole nitrogens is 1. The first kappa shape index (κ1) is 28.2. The number of ether oxygens (including phenoxy) is 1. The fourth-order valence-electron chi connectivity index (χ4n) is 8.20. The molecule has 2 amide bonds. The maximum Gasteiger partial charge on any atom is 0.305 e. The van der Waals surface area contributed by atoms with Crippen molar-refractivity contribution in [2.45, 2.75) is 36.1 Å². The van der Waals surface area contributed by atoms with Crippen molar-refractivity contribution < 1.29 is 23.6 Å². The van der Waals surface area contributed by atoms with E-state index in [2.05, 4.69) is 4.98 Å². The van der Waals surface area contributed by atoms with Gasteiger partial charge >= 0.3 is 4.87 Å². The molecule has 3 fully saturated rings. The summed E-state index contributed by atoms with van der Waals surface area (Å²) in [6.45, 7) is 2.24. The summed E-state index contributed by atoms with van der Waals surface area (Å²) in [5, 5.41) is 12.6. The quantitative estimate of drug-likeness (QED) is 0.154. The molecule has 9 nitrogen and oxygen atoms in total. The van der Waals surface area contributed by atoms with Gasteiger partial charge in [0.25, 0.3) is 5.69 Å². The van der Waals surface area contributed by atoms with E-state index in [1.54, 1.807) is 6.07 Å². The molecule has 3 heterocycles. The van der Waals surface area contributed by atoms with Gasteiger partial charge in [-0.1, -0.05) is 41.2 Å². The van der Waals surface area contributed by atoms with Crippen LogP contribution in [0.5, 0.6) is 5.75 Å². The van der Waals surface area contributed by atoms with E-state index in [0.29, 0.717) is 28.4 Å². The average molecular weight is 644 g/mol. The third kappa shape index (κ3) is 4.37. The van der Waals surface area contributed by atoms with Gasteiger partial charge in [-0.25, -0.2) is 4.39 Å². The lowest BCUT2D eigenvalue weighted by atomic mass is 9.68. The van der Waals surface area contributed by atoms with E-state index in [1.165, 1.54) is 53.1 Å². The lowest BCUT2D eigenvalue weighted by molar-refractivity contribution is -0.385. The van der Waals surface area contributed by atoms with Crippen molar-refractivity contribution in [3.8, 4) is 5.75 Å². The van der Waals surface area contributed by atoms with Crippen molar-refractivity contribution in [1.82, 2.24) is 4.98 Å². The molecule has 7 atom stereocenters. The van der Waals surface area contributed by atoms with Crippen LogP contribution in [0.2, 0.25) is 0 Å². The number of anilines is 1. The summed E-state index contributed by atoms with van der Waals surface area (Å²) in [7, 11) is 0. The number of rotatable bonds is 6. The second-order valence-corrected chi connectivity index (χ2v) is 14.4. The van der Waals surface area contributed by atoms with Crippen LogP contribution in [0.1, 0.15) is 33.9 Å². The number of aromatic amines is 1. The lowest BCUT2D eigenvalue weighted by Crippen LogP contribution is -2.42. The summed E-state index contributed by atoms with van der Waals surface area (Å²) < 4.78 is 20.0. The van der Waals surface area contributed by atoms with Gasteiger partial charge in [0.15, 0.2) is 0 Å². The van der Waals surface area contributed by atoms with Gasteiger partial charge in [-0.05, 0) is 67.0 Å². The molecule has 228 valence electrons. The van der Waals surface area contributed by atoms with E-state index < -0.39 is 28.5 Å². The zero-order valence-electron chi connectivity index (χ0n) is 23.8. The monoisotopic (exact) mass is 643 g/mol. The molecule has 6 unspecified atom stereocenters. The number of hydrogen-bond donors (Lipinski definition) is 1. The van der Waals surface area contributed by atoms with Crippen molar-refractivity contribution in [2.75, 3.05) is 4.90 Å². The third-order valence-electron chi connectivity index (χ3n) is 9.82. The Balaban J connectivity index is 1.22. The van der Waals surface area contributed by atoms with Gasteiger partial charge in [0.05, 0.1) is 27.5 Å². The second kappa shape index (κ2) is 10.4. The fraction of sp³-hybridized carbons (Fsp3) is 0.303. The van der Waals surface area contributed by atoms with E-state index in [1.807, 2.05) is 31.2 Å². The van der Waals surface area contributed by atoms with Gasteiger partial charge in [0, 0.05) is 33.7 Å². The number of nitro benzene ring substituents is 1. The van der Waals surface area contributed by atoms with Crippen LogP contribution in [0.25, 0.3) is 0 Å². The van der Waals surface area contributed by atoms with Crippen molar-refractivity contribution in [3.63, 3.8) is 0 Å². The highest BCUT2D eigenvalue weighted by Crippen LogP contribution is 2.69. The molecule has 4 aliphatic rings. The predicted octanol–water partition coefficient (Wildman–Crippen LogP) is 6.05. The molecule has 2 bridgehead atoms. The molecule has 1 N–H and O–H groups in total. The summed E-state index contributed by atoms with van der Waals surface area (Å²) in [6.07, 6.45) is 0.663. The number of benzene rings is 3. The number of nitro groups is 1. The van der Waals surface area contributed by atoms with Crippen LogP contribution in [-0.2, 0) is 16.2 Å². The minimum Gasteiger partial charge on any atom is -0.489 e. The molecule has 4 aromatic rings. The second-order valence-electron chi connectivity index (χ2n) is 12.2. The van der Waals surface area contributed by atoms with Crippen LogP contribution in [0, 0.1) is 52.4 Å². The molecule has 8 rings (SSSR count). The highest BCUT2D eigenvalue weighted by Gasteiger charge is 2.70. The number of nitrogens with zero attached hydrogens (tertiary/aromatic N) is 2. The normalized spacial score (nSPS) is 27.8. The minimum atomic E-state index is -0.565. The molecule has 12 heteroatoms. The number of thiazole rings is 1. The summed E-state index contributed by atoms with van der Waals surface area (Å²) in [4.78, 5) is 56.8. The fourth-order valence-corrected chi connectivity index (χ4v) is 11.1. The number of nitrogens with one attached hydrogen (secondary N) is 1. The Bertz CT molecular complexity index is 1960. The minimum absolute atomic E-state index is 0.0947. The number of imide groups is 1. The summed E-state index contributed by atoms with van der Waals surface area (Å²) in [5.74, 6) is -2.59. The first-order valence-electron chi connectivity index (χ1n) is 14.7. The Morgan fingerprint density at radius 1 is 1.02 bits per heavy atom. The first-order chi connectivity index (χ1) is 21.7. The van der Waals surface area contributed by atoms with Gasteiger partial charge in [-0.3, -0.25) is 29.4 Å². The lowest BCUT2D eigenvalue weighted by Gasteiger charge is -2.43. The number of carbonyl (C=O) groups is 2. The zero-order chi connectivity index (χ0) is 31.1. The Morgan fingerprint density at radius 2 is 1.78 bits per heavy atom. The van der Waals surface area contributed by atoms with Gasteiger partial charge in [-0.2, -0.15) is 0 Å². The predicted molar refractivity (Wildman–Crippen MR) is 166 cm³/mol. The topological polar surface area (TPSA) is 123 Å². The van der Waals surface area contributed by atoms with E-state index in [-0.39, 0.29) is 52.0 Å². The van der Waals surface area contributed by atoms with E-state index in [0.717, 1.165) is 27.3 Å². The van der Waals surface area contributed by atoms with Crippen LogP contribution in [-0.4, -0.2) is 27.0 Å². The molecule has 45 heavy (non-hydrogen) atoms. The molecule has 3 aromatic carbocycles. The van der Waals surface area contributed by atoms with Crippen LogP contribution < -0.4 is 14.5 Å². The van der Waals surface area contributed by atoms with Crippen LogP contribution in [0.4, 0.5) is 15.8 Å². The zero-order valence-corrected chi connectivity index (χ0v) is 25.5. The number of aromatic nitrogens is 1. The highest BCUT2D eigenvalue weighted by molar-refractivity contribution is 8.00. The Kier molecular flexibility index (Phi) is 6.51. The summed E-state index contributed by atoms with van der Waals surface area (Å²) in [5.41, 5.74) is 2.88. The maximum atomic E-state index is 14.0. The van der Waals surface area contributed by atoms with Crippen LogP contribution >= 0.6 is 23.1 Å². The molecule has 0 radical (unpaired) electrons. The Labute approximate surface area is 264 Å². The van der Waals surface area contributed by atoms with Crippen LogP contribution in [0.15, 0.2) is 76.6 Å². The number of aryl methyl sites for hydroxylation is 1. The number of non-ortho nitro benzene ring substituents is 1. The molecular weight excluding hydrogens is 618 g/mol. The number of thioether (sulfide) groups is 1. The van der Waals surface area contributed by atoms with Crippen molar-refractivity contribution in [1.29, 1.82) is 0 Å². The standard InChI is InChI=1S/C33H26FN3O6S2/c1-15-3-2-4-16(11-15)14-43-23-10-9-19(37(41)42)12-20(23)24-25-21-13-22(28(25)44-30-29(24)45-33(40)35-30)27-26(21)31(38)36(32(27)39)18-7-5-17(34)6-8-18/h2-12,21-22,24-28H,13-14H2,1H3,(H,35,40)/t21?,22?,24-,25?,26?,27?,28?/m1/s1. The summed E-state index contributed by atoms with van der Waals surface area (Å²) in [6, 6.07) is 17.8. The van der Waals surface area contributed by atoms with Crippen molar-refractivity contribution >= 4 is 46.3 Å². The highest BCUT2D eigenvalue weighted by atomic mass is 32.2. The number of hydrogen-bond acceptors (Lipinski definition) is 8. The summed E-state index contributed by atoms with van der Waals surface area (Å²) >= 11 is 2.62. The number of amides is 2. The van der Waals surface area contributed by atoms with Gasteiger partial charge < -0.3 is 9.72 Å². The largest absolute Gasteiger partial charge is 0.489 e. The molecule has 2 aliphatic carbocycles. The molecular formula is C33H26FN3O6S2. The third-order valence-corrected chi connectivity index (χ3v) is 12.4. The Hall–Kier alpha value is -4.29. The van der Waals surface area contributed by atoms with Crippen LogP contribution in [0.3, 0.4) is 0 Å².